The number of amides is 2. The van der Waals surface area contributed by atoms with Crippen LogP contribution in [0.2, 0.25) is 0 Å². The van der Waals surface area contributed by atoms with E-state index in [1.165, 1.54) is 34.8 Å². The van der Waals surface area contributed by atoms with Crippen LogP contribution in [0.3, 0.4) is 0 Å². The number of nitrogens with zero attached hydrogens (tertiary/aromatic N) is 2. The number of thiophene rings is 1. The summed E-state index contributed by atoms with van der Waals surface area (Å²) in [5.41, 5.74) is 2.67. The minimum Gasteiger partial charge on any atom is -0.450 e. The largest absolute Gasteiger partial charge is 0.450 e. The van der Waals surface area contributed by atoms with Crippen molar-refractivity contribution in [3.63, 3.8) is 0 Å². The number of hydrogen-bond acceptors (Lipinski definition) is 8. The molecule has 2 aromatic carbocycles. The molecule has 1 aliphatic rings. The fraction of sp³-hybridized carbons (Fsp3) is 0.269. The zero-order valence-electron chi connectivity index (χ0n) is 20.4. The van der Waals surface area contributed by atoms with Crippen molar-refractivity contribution in [2.75, 3.05) is 24.2 Å². The number of benzene rings is 2. The third kappa shape index (κ3) is 5.42. The molecule has 5 rings (SSSR count). The number of para-hydroxylation sites is 1. The molecule has 0 saturated heterocycles. The number of nitrogens with one attached hydrogen (secondary N) is 1. The van der Waals surface area contributed by atoms with E-state index in [-0.39, 0.29) is 24.0 Å². The topological polar surface area (TPSA) is 106 Å². The summed E-state index contributed by atoms with van der Waals surface area (Å²) in [7, 11) is -3.76. The molecule has 0 atom stereocenters. The molecule has 0 saturated carbocycles. The van der Waals surface area contributed by atoms with E-state index in [9.17, 15) is 22.4 Å². The molecular weight excluding hydrogens is 550 g/mol. The predicted molar refractivity (Wildman–Crippen MR) is 146 cm³/mol. The van der Waals surface area contributed by atoms with Crippen molar-refractivity contribution in [1.29, 1.82) is 0 Å². The second-order valence-electron chi connectivity index (χ2n) is 8.64. The lowest BCUT2D eigenvalue weighted by Gasteiger charge is -2.26. The maximum absolute atomic E-state index is 13.2. The van der Waals surface area contributed by atoms with Crippen molar-refractivity contribution < 1.29 is 27.1 Å². The van der Waals surface area contributed by atoms with Gasteiger partial charge in [0, 0.05) is 23.4 Å². The molecule has 0 radical (unpaired) electrons. The molecule has 38 heavy (non-hydrogen) atoms. The molecule has 1 aliphatic heterocycles. The molecule has 198 valence electrons. The highest BCUT2D eigenvalue weighted by molar-refractivity contribution is 7.91. The van der Waals surface area contributed by atoms with Gasteiger partial charge in [0.05, 0.1) is 34.0 Å². The number of thiazole rings is 1. The quantitative estimate of drug-likeness (QED) is 0.294. The Bertz CT molecular complexity index is 1580. The van der Waals surface area contributed by atoms with E-state index in [0.29, 0.717) is 24.5 Å². The minimum absolute atomic E-state index is 0.0347. The first-order valence-electron chi connectivity index (χ1n) is 12.0. The number of fused-ring (bicyclic) bond motifs is 2. The number of carbonyl (C=O) groups is 2. The van der Waals surface area contributed by atoms with E-state index < -0.39 is 27.3 Å². The SMILES string of the molecule is CCOC(=O)N1CCc2c(sc(NC(=O)CCS(=O)(=O)c3ccc(F)cc3)c2-c2nc3ccccc3s2)C1. The number of carbonyl (C=O) groups excluding carboxylic acids is 2. The van der Waals surface area contributed by atoms with E-state index >= 15 is 0 Å². The number of sulfone groups is 1. The Morgan fingerprint density at radius 1 is 1.13 bits per heavy atom. The van der Waals surface area contributed by atoms with Crippen LogP contribution in [0.25, 0.3) is 20.8 Å². The van der Waals surface area contributed by atoms with Gasteiger partial charge in [0.1, 0.15) is 15.8 Å². The van der Waals surface area contributed by atoms with Gasteiger partial charge in [-0.2, -0.15) is 0 Å². The van der Waals surface area contributed by atoms with Crippen LogP contribution in [0.1, 0.15) is 23.8 Å². The molecule has 4 aromatic rings. The number of halogens is 1. The zero-order chi connectivity index (χ0) is 26.9. The standard InChI is InChI=1S/C26H24FN3O5S3/c1-2-35-26(32)30-13-11-18-21(15-30)37-25(23(18)24-28-19-5-3-4-6-20(19)36-24)29-22(31)12-14-38(33,34)17-9-7-16(27)8-10-17/h3-10H,2,11-15H2,1H3,(H,29,31). The van der Waals surface area contributed by atoms with Gasteiger partial charge in [0.15, 0.2) is 9.84 Å². The third-order valence-electron chi connectivity index (χ3n) is 6.11. The molecule has 0 aliphatic carbocycles. The Morgan fingerprint density at radius 3 is 2.63 bits per heavy atom. The van der Waals surface area contributed by atoms with Crippen LogP contribution >= 0.6 is 22.7 Å². The van der Waals surface area contributed by atoms with Gasteiger partial charge in [-0.25, -0.2) is 22.6 Å². The lowest BCUT2D eigenvalue weighted by atomic mass is 10.0. The van der Waals surface area contributed by atoms with Crippen molar-refractivity contribution >= 4 is 59.7 Å². The Balaban J connectivity index is 1.41. The van der Waals surface area contributed by atoms with Gasteiger partial charge in [-0.15, -0.1) is 22.7 Å². The second-order valence-corrected chi connectivity index (χ2v) is 12.9. The summed E-state index contributed by atoms with van der Waals surface area (Å²) in [5, 5.41) is 4.23. The van der Waals surface area contributed by atoms with Crippen LogP contribution in [-0.2, 0) is 32.3 Å². The molecule has 0 spiro atoms. The smallest absolute Gasteiger partial charge is 0.410 e. The number of aromatic nitrogens is 1. The Hall–Kier alpha value is -3.35. The molecule has 0 fully saturated rings. The lowest BCUT2D eigenvalue weighted by molar-refractivity contribution is -0.115. The highest BCUT2D eigenvalue weighted by Crippen LogP contribution is 2.45. The fourth-order valence-corrected chi connectivity index (χ4v) is 7.87. The molecule has 2 amide bonds. The predicted octanol–water partition coefficient (Wildman–Crippen LogP) is 5.48. The van der Waals surface area contributed by atoms with Crippen LogP contribution in [0.15, 0.2) is 53.4 Å². The number of anilines is 1. The van der Waals surface area contributed by atoms with Crippen molar-refractivity contribution in [3.05, 3.63) is 64.8 Å². The average molecular weight is 574 g/mol. The molecule has 1 N–H and O–H groups in total. The maximum Gasteiger partial charge on any atom is 0.410 e. The monoisotopic (exact) mass is 573 g/mol. The first-order chi connectivity index (χ1) is 18.2. The second kappa shape index (κ2) is 10.8. The van der Waals surface area contributed by atoms with E-state index in [2.05, 4.69) is 5.32 Å². The zero-order valence-corrected chi connectivity index (χ0v) is 22.8. The molecule has 3 heterocycles. The first kappa shape index (κ1) is 26.3. The lowest BCUT2D eigenvalue weighted by Crippen LogP contribution is -2.35. The van der Waals surface area contributed by atoms with Crippen molar-refractivity contribution in [1.82, 2.24) is 9.88 Å². The van der Waals surface area contributed by atoms with E-state index in [1.807, 2.05) is 24.3 Å². The van der Waals surface area contributed by atoms with Crippen LogP contribution < -0.4 is 5.32 Å². The Morgan fingerprint density at radius 2 is 1.89 bits per heavy atom. The first-order valence-corrected chi connectivity index (χ1v) is 15.2. The minimum atomic E-state index is -3.76. The average Bonchev–Trinajstić information content (AvgIpc) is 3.48. The van der Waals surface area contributed by atoms with Crippen LogP contribution in [0.5, 0.6) is 0 Å². The number of ether oxygens (including phenoxy) is 1. The summed E-state index contributed by atoms with van der Waals surface area (Å²) in [5.74, 6) is -1.41. The van der Waals surface area contributed by atoms with Crippen LogP contribution in [-0.4, -0.2) is 49.2 Å². The maximum atomic E-state index is 13.2. The molecule has 2 aromatic heterocycles. The van der Waals surface area contributed by atoms with Gasteiger partial charge < -0.3 is 15.0 Å². The van der Waals surface area contributed by atoms with Gasteiger partial charge in [-0.05, 0) is 55.3 Å². The molecule has 0 bridgehead atoms. The van der Waals surface area contributed by atoms with Crippen LogP contribution in [0.4, 0.5) is 14.2 Å². The summed E-state index contributed by atoms with van der Waals surface area (Å²) < 4.78 is 44.6. The normalized spacial score (nSPS) is 13.4. The van der Waals surface area contributed by atoms with E-state index in [4.69, 9.17) is 9.72 Å². The van der Waals surface area contributed by atoms with Gasteiger partial charge in [0.2, 0.25) is 5.91 Å². The van der Waals surface area contributed by atoms with Gasteiger partial charge in [-0.1, -0.05) is 12.1 Å². The van der Waals surface area contributed by atoms with Gasteiger partial charge in [-0.3, -0.25) is 4.79 Å². The molecule has 0 unspecified atom stereocenters. The summed E-state index contributed by atoms with van der Waals surface area (Å²) in [4.78, 5) is 32.6. The summed E-state index contributed by atoms with van der Waals surface area (Å²) in [6, 6.07) is 12.3. The molecule has 12 heteroatoms. The molecular formula is C26H24FN3O5S3. The van der Waals surface area contributed by atoms with Crippen molar-refractivity contribution in [3.8, 4) is 10.6 Å². The van der Waals surface area contributed by atoms with E-state index in [1.54, 1.807) is 11.8 Å². The fourth-order valence-electron chi connectivity index (χ4n) is 4.24. The number of rotatable bonds is 7. The number of hydrogen-bond donors (Lipinski definition) is 1. The summed E-state index contributed by atoms with van der Waals surface area (Å²) >= 11 is 2.87. The summed E-state index contributed by atoms with van der Waals surface area (Å²) in [6.45, 7) is 2.87. The van der Waals surface area contributed by atoms with Crippen LogP contribution in [0, 0.1) is 5.82 Å². The van der Waals surface area contributed by atoms with Crippen molar-refractivity contribution in [2.45, 2.75) is 31.2 Å². The van der Waals surface area contributed by atoms with Gasteiger partial charge in [0.25, 0.3) is 0 Å². The Labute approximate surface area is 227 Å². The highest BCUT2D eigenvalue weighted by Gasteiger charge is 2.30. The van der Waals surface area contributed by atoms with Crippen molar-refractivity contribution in [2.24, 2.45) is 0 Å². The third-order valence-corrected chi connectivity index (χ3v) is 10.0. The van der Waals surface area contributed by atoms with Gasteiger partial charge >= 0.3 is 6.09 Å². The molecule has 8 nitrogen and oxygen atoms in total. The highest BCUT2D eigenvalue weighted by atomic mass is 32.2. The Kier molecular flexibility index (Phi) is 7.46. The summed E-state index contributed by atoms with van der Waals surface area (Å²) in [6.07, 6.45) is -0.0778. The van der Waals surface area contributed by atoms with E-state index in [0.717, 1.165) is 43.4 Å².